The first-order valence-corrected chi connectivity index (χ1v) is 12.0. The van der Waals surface area contributed by atoms with E-state index in [1.54, 1.807) is 38.1 Å². The normalized spacial score (nSPS) is 15.2. The number of thiazole rings is 1. The molecule has 2 aromatic carbocycles. The predicted molar refractivity (Wildman–Crippen MR) is 135 cm³/mol. The maximum atomic E-state index is 13.6. The first-order chi connectivity index (χ1) is 17.3. The van der Waals surface area contributed by atoms with E-state index >= 15 is 0 Å². The molecule has 0 spiro atoms. The van der Waals surface area contributed by atoms with Crippen molar-refractivity contribution in [3.8, 4) is 11.5 Å². The molecule has 0 saturated carbocycles. The molecule has 2 heterocycles. The Balaban J connectivity index is 1.84. The highest BCUT2D eigenvalue weighted by atomic mass is 32.1. The molecule has 0 radical (unpaired) electrons. The largest absolute Gasteiger partial charge is 0.493 e. The standard InChI is InChI=1S/C26H25N3O6S/c1-4-34-25(32)22-15(2)28-26-29(23(22)17-8-6-5-7-9-17)24(31)20(36-26)13-16-10-11-18(19(12-16)33-3)35-14-21(27)30/h5-13,23H,4,14H2,1-3H3,(H2,27,30)/b20-13+/t23-/m1/s1. The average Bonchev–Trinajstić information content (AvgIpc) is 3.16. The lowest BCUT2D eigenvalue weighted by Crippen LogP contribution is -2.39. The van der Waals surface area contributed by atoms with Crippen molar-refractivity contribution in [3.05, 3.63) is 90.6 Å². The molecular weight excluding hydrogens is 482 g/mol. The Morgan fingerprint density at radius 2 is 1.92 bits per heavy atom. The second kappa shape index (κ2) is 10.6. The third-order valence-electron chi connectivity index (χ3n) is 5.49. The molecular formula is C26H25N3O6S. The van der Waals surface area contributed by atoms with Crippen molar-refractivity contribution in [2.75, 3.05) is 20.3 Å². The summed E-state index contributed by atoms with van der Waals surface area (Å²) in [5.41, 5.74) is 7.17. The van der Waals surface area contributed by atoms with Crippen LogP contribution in [0, 0.1) is 0 Å². The fourth-order valence-corrected chi connectivity index (χ4v) is 4.98. The number of carbonyl (C=O) groups excluding carboxylic acids is 2. The van der Waals surface area contributed by atoms with E-state index in [0.717, 1.165) is 5.56 Å². The van der Waals surface area contributed by atoms with Crippen LogP contribution < -0.4 is 30.1 Å². The van der Waals surface area contributed by atoms with Gasteiger partial charge >= 0.3 is 5.97 Å². The summed E-state index contributed by atoms with van der Waals surface area (Å²) >= 11 is 1.23. The second-order valence-corrected chi connectivity index (χ2v) is 8.89. The number of ether oxygens (including phenoxy) is 3. The lowest BCUT2D eigenvalue weighted by atomic mass is 9.96. The van der Waals surface area contributed by atoms with Gasteiger partial charge in [0.1, 0.15) is 0 Å². The van der Waals surface area contributed by atoms with Crippen LogP contribution in [0.1, 0.15) is 31.0 Å². The van der Waals surface area contributed by atoms with Crippen LogP contribution >= 0.6 is 11.3 Å². The maximum Gasteiger partial charge on any atom is 0.338 e. The zero-order chi connectivity index (χ0) is 25.8. The molecule has 2 N–H and O–H groups in total. The van der Waals surface area contributed by atoms with Gasteiger partial charge in [0.25, 0.3) is 11.5 Å². The van der Waals surface area contributed by atoms with Gasteiger partial charge in [-0.3, -0.25) is 14.2 Å². The summed E-state index contributed by atoms with van der Waals surface area (Å²) in [4.78, 5) is 42.6. The van der Waals surface area contributed by atoms with E-state index in [0.29, 0.717) is 37.7 Å². The van der Waals surface area contributed by atoms with Crippen LogP contribution in [0.4, 0.5) is 0 Å². The van der Waals surface area contributed by atoms with Crippen molar-refractivity contribution in [1.29, 1.82) is 0 Å². The minimum Gasteiger partial charge on any atom is -0.493 e. The van der Waals surface area contributed by atoms with Gasteiger partial charge in [-0.05, 0) is 43.2 Å². The molecule has 1 aromatic heterocycles. The molecule has 1 amide bonds. The Bertz CT molecular complexity index is 1520. The number of methoxy groups -OCH3 is 1. The van der Waals surface area contributed by atoms with E-state index in [1.807, 2.05) is 30.3 Å². The van der Waals surface area contributed by atoms with E-state index < -0.39 is 17.9 Å². The van der Waals surface area contributed by atoms with Crippen molar-refractivity contribution in [2.24, 2.45) is 10.7 Å². The topological polar surface area (TPSA) is 122 Å². The summed E-state index contributed by atoms with van der Waals surface area (Å²) < 4.78 is 18.0. The number of benzene rings is 2. The van der Waals surface area contributed by atoms with Crippen LogP contribution in [0.5, 0.6) is 11.5 Å². The maximum absolute atomic E-state index is 13.6. The zero-order valence-electron chi connectivity index (χ0n) is 20.0. The third-order valence-corrected chi connectivity index (χ3v) is 6.47. The number of rotatable bonds is 8. The highest BCUT2D eigenvalue weighted by Crippen LogP contribution is 2.31. The number of nitrogens with zero attached hydrogens (tertiary/aromatic N) is 2. The van der Waals surface area contributed by atoms with Gasteiger partial charge in [-0.2, -0.15) is 0 Å². The molecule has 36 heavy (non-hydrogen) atoms. The minimum atomic E-state index is -0.664. The van der Waals surface area contributed by atoms with Gasteiger partial charge in [0.15, 0.2) is 22.9 Å². The van der Waals surface area contributed by atoms with E-state index in [2.05, 4.69) is 4.99 Å². The number of hydrogen-bond acceptors (Lipinski definition) is 8. The summed E-state index contributed by atoms with van der Waals surface area (Å²) in [5.74, 6) is -0.361. The van der Waals surface area contributed by atoms with Crippen LogP contribution in [0.15, 0.2) is 69.6 Å². The molecule has 0 fully saturated rings. The number of esters is 1. The van der Waals surface area contributed by atoms with Crippen LogP contribution in [0.3, 0.4) is 0 Å². The molecule has 0 aliphatic carbocycles. The van der Waals surface area contributed by atoms with Gasteiger partial charge in [-0.15, -0.1) is 0 Å². The number of nitrogens with two attached hydrogens (primary N) is 1. The third kappa shape index (κ3) is 4.94. The van der Waals surface area contributed by atoms with Crippen molar-refractivity contribution < 1.29 is 23.8 Å². The number of primary amides is 1. The van der Waals surface area contributed by atoms with Gasteiger partial charge in [-0.25, -0.2) is 9.79 Å². The Kier molecular flexibility index (Phi) is 7.35. The fraction of sp³-hybridized carbons (Fsp3) is 0.231. The number of fused-ring (bicyclic) bond motifs is 1. The van der Waals surface area contributed by atoms with Gasteiger partial charge in [0, 0.05) is 0 Å². The van der Waals surface area contributed by atoms with Crippen LogP contribution in [-0.2, 0) is 14.3 Å². The molecule has 0 saturated heterocycles. The number of hydrogen-bond donors (Lipinski definition) is 1. The van der Waals surface area contributed by atoms with Crippen molar-refractivity contribution >= 4 is 29.3 Å². The Morgan fingerprint density at radius 1 is 1.17 bits per heavy atom. The van der Waals surface area contributed by atoms with Gasteiger partial charge in [-0.1, -0.05) is 47.7 Å². The SMILES string of the molecule is CCOC(=O)C1=C(C)N=c2s/c(=C/c3ccc(OCC(N)=O)c(OC)c3)c(=O)n2[C@@H]1c1ccccc1. The second-order valence-electron chi connectivity index (χ2n) is 7.88. The monoisotopic (exact) mass is 507 g/mol. The molecule has 10 heteroatoms. The highest BCUT2D eigenvalue weighted by Gasteiger charge is 2.33. The molecule has 1 atom stereocenters. The smallest absolute Gasteiger partial charge is 0.338 e. The van der Waals surface area contributed by atoms with Gasteiger partial charge < -0.3 is 19.9 Å². The summed E-state index contributed by atoms with van der Waals surface area (Å²) in [6, 6.07) is 13.7. The van der Waals surface area contributed by atoms with E-state index in [-0.39, 0.29) is 18.8 Å². The summed E-state index contributed by atoms with van der Waals surface area (Å²) in [6.07, 6.45) is 1.72. The Morgan fingerprint density at radius 3 is 2.58 bits per heavy atom. The Labute approximate surface area is 210 Å². The van der Waals surface area contributed by atoms with Crippen LogP contribution in [0.2, 0.25) is 0 Å². The van der Waals surface area contributed by atoms with Gasteiger partial charge in [0.2, 0.25) is 0 Å². The number of allylic oxidation sites excluding steroid dienone is 1. The summed E-state index contributed by atoms with van der Waals surface area (Å²) in [6.45, 7) is 3.41. The molecule has 1 aliphatic rings. The first-order valence-electron chi connectivity index (χ1n) is 11.2. The first kappa shape index (κ1) is 24.9. The minimum absolute atomic E-state index is 0.211. The number of carbonyl (C=O) groups is 2. The average molecular weight is 508 g/mol. The fourth-order valence-electron chi connectivity index (χ4n) is 3.94. The summed E-state index contributed by atoms with van der Waals surface area (Å²) in [7, 11) is 1.48. The Hall–Kier alpha value is -4.18. The van der Waals surface area contributed by atoms with Crippen molar-refractivity contribution in [3.63, 3.8) is 0 Å². The zero-order valence-corrected chi connectivity index (χ0v) is 20.8. The molecule has 9 nitrogen and oxygen atoms in total. The lowest BCUT2D eigenvalue weighted by Gasteiger charge is -2.24. The molecule has 186 valence electrons. The highest BCUT2D eigenvalue weighted by molar-refractivity contribution is 7.07. The molecule has 0 unspecified atom stereocenters. The molecule has 1 aliphatic heterocycles. The lowest BCUT2D eigenvalue weighted by molar-refractivity contribution is -0.139. The molecule has 0 bridgehead atoms. The summed E-state index contributed by atoms with van der Waals surface area (Å²) in [5, 5.41) is 0. The quantitative estimate of drug-likeness (QED) is 0.463. The molecule has 4 rings (SSSR count). The van der Waals surface area contributed by atoms with E-state index in [1.165, 1.54) is 23.0 Å². The van der Waals surface area contributed by atoms with Crippen molar-refractivity contribution in [2.45, 2.75) is 19.9 Å². The van der Waals surface area contributed by atoms with Crippen LogP contribution in [-0.4, -0.2) is 36.8 Å². The molecule has 3 aromatic rings. The predicted octanol–water partition coefficient (Wildman–Crippen LogP) is 1.67. The van der Waals surface area contributed by atoms with Crippen LogP contribution in [0.25, 0.3) is 6.08 Å². The van der Waals surface area contributed by atoms with E-state index in [4.69, 9.17) is 19.9 Å². The van der Waals surface area contributed by atoms with E-state index in [9.17, 15) is 14.4 Å². The van der Waals surface area contributed by atoms with Gasteiger partial charge in [0.05, 0.1) is 35.6 Å². The number of aromatic nitrogens is 1. The number of amides is 1. The van der Waals surface area contributed by atoms with Crippen molar-refractivity contribution in [1.82, 2.24) is 4.57 Å².